The Bertz CT molecular complexity index is 490. The lowest BCUT2D eigenvalue weighted by Crippen LogP contribution is -2.41. The molecule has 1 aromatic rings. The minimum atomic E-state index is -0.0616. The highest BCUT2D eigenvalue weighted by Crippen LogP contribution is 2.28. The quantitative estimate of drug-likeness (QED) is 0.849. The van der Waals surface area contributed by atoms with Gasteiger partial charge in [0.1, 0.15) is 0 Å². The Morgan fingerprint density at radius 3 is 2.64 bits per heavy atom. The zero-order valence-corrected chi connectivity index (χ0v) is 14.0. The molecule has 22 heavy (non-hydrogen) atoms. The van der Waals surface area contributed by atoms with Gasteiger partial charge in [-0.2, -0.15) is 5.10 Å². The van der Waals surface area contributed by atoms with Crippen LogP contribution in [0, 0.1) is 12.8 Å². The maximum atomic E-state index is 12.6. The van der Waals surface area contributed by atoms with Crippen molar-refractivity contribution in [1.82, 2.24) is 15.1 Å². The fourth-order valence-corrected chi connectivity index (χ4v) is 3.51. The Morgan fingerprint density at radius 1 is 1.41 bits per heavy atom. The zero-order valence-electron chi connectivity index (χ0n) is 14.0. The molecule has 5 heteroatoms. The molecule has 0 aliphatic heterocycles. The fraction of sp³-hybridized carbons (Fsp3) is 0.765. The first kappa shape index (κ1) is 17.0. The van der Waals surface area contributed by atoms with Crippen molar-refractivity contribution in [1.29, 1.82) is 0 Å². The number of hydrogen-bond acceptors (Lipinski definition) is 3. The summed E-state index contributed by atoms with van der Waals surface area (Å²) in [5.74, 6) is 0.429. The van der Waals surface area contributed by atoms with Crippen molar-refractivity contribution in [2.45, 2.75) is 71.4 Å². The van der Waals surface area contributed by atoms with Crippen LogP contribution in [0.2, 0.25) is 0 Å². The molecule has 1 saturated carbocycles. The third kappa shape index (κ3) is 3.88. The average Bonchev–Trinajstić information content (AvgIpc) is 2.89. The van der Waals surface area contributed by atoms with Crippen LogP contribution < -0.4 is 5.32 Å². The second-order valence-electron chi connectivity index (χ2n) is 6.67. The van der Waals surface area contributed by atoms with Gasteiger partial charge < -0.3 is 10.4 Å². The molecule has 5 nitrogen and oxygen atoms in total. The Hall–Kier alpha value is -1.36. The third-order valence-corrected chi connectivity index (χ3v) is 4.75. The van der Waals surface area contributed by atoms with Gasteiger partial charge in [-0.1, -0.05) is 19.3 Å². The number of carbonyl (C=O) groups excluding carboxylic acids is 1. The van der Waals surface area contributed by atoms with Gasteiger partial charge >= 0.3 is 0 Å². The monoisotopic (exact) mass is 307 g/mol. The van der Waals surface area contributed by atoms with E-state index in [1.54, 1.807) is 6.20 Å². The predicted molar refractivity (Wildman–Crippen MR) is 86.9 cm³/mol. The summed E-state index contributed by atoms with van der Waals surface area (Å²) in [6, 6.07) is 0.313. The lowest BCUT2D eigenvalue weighted by Gasteiger charge is -2.30. The highest BCUT2D eigenvalue weighted by atomic mass is 16.3. The summed E-state index contributed by atoms with van der Waals surface area (Å²) in [6.07, 6.45) is 8.33. The number of nitrogens with one attached hydrogen (secondary N) is 1. The Balaban J connectivity index is 2.07. The molecule has 124 valence electrons. The van der Waals surface area contributed by atoms with Crippen LogP contribution in [0.3, 0.4) is 0 Å². The van der Waals surface area contributed by atoms with Gasteiger partial charge in [0.05, 0.1) is 11.8 Å². The van der Waals surface area contributed by atoms with Crippen molar-refractivity contribution in [3.63, 3.8) is 0 Å². The number of aliphatic hydroxyl groups excluding tert-OH is 1. The van der Waals surface area contributed by atoms with E-state index >= 15 is 0 Å². The first-order chi connectivity index (χ1) is 10.5. The van der Waals surface area contributed by atoms with Gasteiger partial charge in [-0.15, -0.1) is 0 Å². The van der Waals surface area contributed by atoms with E-state index in [4.69, 9.17) is 0 Å². The third-order valence-electron chi connectivity index (χ3n) is 4.75. The molecule has 0 bridgehead atoms. The Labute approximate surface area is 133 Å². The van der Waals surface area contributed by atoms with Gasteiger partial charge in [-0.05, 0) is 46.0 Å². The molecule has 1 heterocycles. The van der Waals surface area contributed by atoms with Gasteiger partial charge in [0.25, 0.3) is 5.91 Å². The standard InChI is InChI=1S/C17H29N3O2/c1-12(2)20-13(3)15(11-18-20)17(22)19-16(9-10-21)14-7-5-4-6-8-14/h11-12,14,16,21H,4-10H2,1-3H3,(H,19,22). The molecule has 0 radical (unpaired) electrons. The van der Waals surface area contributed by atoms with Crippen LogP contribution in [-0.2, 0) is 0 Å². The number of rotatable bonds is 6. The minimum Gasteiger partial charge on any atom is -0.396 e. The number of aliphatic hydroxyl groups is 1. The highest BCUT2D eigenvalue weighted by Gasteiger charge is 2.26. The first-order valence-electron chi connectivity index (χ1n) is 8.50. The van der Waals surface area contributed by atoms with Crippen molar-refractivity contribution >= 4 is 5.91 Å². The van der Waals surface area contributed by atoms with E-state index in [0.29, 0.717) is 17.9 Å². The lowest BCUT2D eigenvalue weighted by atomic mass is 9.82. The predicted octanol–water partition coefficient (Wildman–Crippen LogP) is 2.83. The fourth-order valence-electron chi connectivity index (χ4n) is 3.51. The van der Waals surface area contributed by atoms with Crippen LogP contribution in [0.1, 0.15) is 74.5 Å². The Morgan fingerprint density at radius 2 is 2.09 bits per heavy atom. The molecule has 2 rings (SSSR count). The number of carbonyl (C=O) groups is 1. The van der Waals surface area contributed by atoms with Crippen LogP contribution in [-0.4, -0.2) is 33.4 Å². The second kappa shape index (κ2) is 7.77. The topological polar surface area (TPSA) is 67.2 Å². The number of amides is 1. The highest BCUT2D eigenvalue weighted by molar-refractivity contribution is 5.95. The van der Waals surface area contributed by atoms with Crippen molar-refractivity contribution in [2.75, 3.05) is 6.61 Å². The number of nitrogens with zero attached hydrogens (tertiary/aromatic N) is 2. The molecule has 1 atom stereocenters. The molecule has 0 aromatic carbocycles. The molecule has 0 spiro atoms. The normalized spacial score (nSPS) is 17.7. The summed E-state index contributed by atoms with van der Waals surface area (Å²) in [5.41, 5.74) is 1.55. The number of aromatic nitrogens is 2. The maximum absolute atomic E-state index is 12.6. The van der Waals surface area contributed by atoms with Gasteiger partial charge in [0.15, 0.2) is 0 Å². The molecule has 1 aliphatic carbocycles. The Kier molecular flexibility index (Phi) is 6.00. The smallest absolute Gasteiger partial charge is 0.254 e. The van der Waals surface area contributed by atoms with Gasteiger partial charge in [0.2, 0.25) is 0 Å². The molecule has 1 unspecified atom stereocenters. The second-order valence-corrected chi connectivity index (χ2v) is 6.67. The lowest BCUT2D eigenvalue weighted by molar-refractivity contribution is 0.0899. The van der Waals surface area contributed by atoms with Gasteiger partial charge in [-0.25, -0.2) is 0 Å². The van der Waals surface area contributed by atoms with E-state index in [2.05, 4.69) is 24.3 Å². The van der Waals surface area contributed by atoms with Crippen molar-refractivity contribution in [3.8, 4) is 0 Å². The summed E-state index contributed by atoms with van der Waals surface area (Å²) in [4.78, 5) is 12.6. The van der Waals surface area contributed by atoms with E-state index in [9.17, 15) is 9.90 Å². The summed E-state index contributed by atoms with van der Waals surface area (Å²) >= 11 is 0. The molecule has 1 aromatic heterocycles. The van der Waals surface area contributed by atoms with E-state index in [-0.39, 0.29) is 24.6 Å². The van der Waals surface area contributed by atoms with Crippen molar-refractivity contribution in [2.24, 2.45) is 5.92 Å². The van der Waals surface area contributed by atoms with E-state index < -0.39 is 0 Å². The van der Waals surface area contributed by atoms with Crippen LogP contribution >= 0.6 is 0 Å². The first-order valence-corrected chi connectivity index (χ1v) is 8.50. The largest absolute Gasteiger partial charge is 0.396 e. The van der Waals surface area contributed by atoms with E-state index in [1.165, 1.54) is 19.3 Å². The van der Waals surface area contributed by atoms with Gasteiger partial charge in [-0.3, -0.25) is 9.48 Å². The SMILES string of the molecule is Cc1c(C(=O)NC(CCO)C2CCCCC2)cnn1C(C)C. The summed E-state index contributed by atoms with van der Waals surface area (Å²) in [5, 5.41) is 16.8. The minimum absolute atomic E-state index is 0.0616. The molecular weight excluding hydrogens is 278 g/mol. The molecule has 2 N–H and O–H groups in total. The zero-order chi connectivity index (χ0) is 16.1. The summed E-state index contributed by atoms with van der Waals surface area (Å²) in [6.45, 7) is 6.16. The summed E-state index contributed by atoms with van der Waals surface area (Å²) in [7, 11) is 0. The molecule has 0 saturated heterocycles. The molecule has 1 fully saturated rings. The maximum Gasteiger partial charge on any atom is 0.254 e. The van der Waals surface area contributed by atoms with Crippen LogP contribution in [0.15, 0.2) is 6.20 Å². The van der Waals surface area contributed by atoms with Gasteiger partial charge in [0, 0.05) is 24.4 Å². The number of hydrogen-bond donors (Lipinski definition) is 2. The molecule has 1 amide bonds. The van der Waals surface area contributed by atoms with E-state index in [1.807, 2.05) is 11.6 Å². The average molecular weight is 307 g/mol. The van der Waals surface area contributed by atoms with Crippen LogP contribution in [0.4, 0.5) is 0 Å². The van der Waals surface area contributed by atoms with Crippen molar-refractivity contribution in [3.05, 3.63) is 17.5 Å². The summed E-state index contributed by atoms with van der Waals surface area (Å²) < 4.78 is 1.87. The molecule has 1 aliphatic rings. The van der Waals surface area contributed by atoms with Crippen LogP contribution in [0.5, 0.6) is 0 Å². The van der Waals surface area contributed by atoms with Crippen molar-refractivity contribution < 1.29 is 9.90 Å². The van der Waals surface area contributed by atoms with E-state index in [0.717, 1.165) is 18.5 Å². The van der Waals surface area contributed by atoms with Crippen LogP contribution in [0.25, 0.3) is 0 Å². The molecular formula is C17H29N3O2.